The highest BCUT2D eigenvalue weighted by Gasteiger charge is 2.23. The first kappa shape index (κ1) is 14.9. The van der Waals surface area contributed by atoms with Gasteiger partial charge < -0.3 is 10.1 Å². The maximum atomic E-state index is 11.7. The Balaban J connectivity index is 2.34. The van der Waals surface area contributed by atoms with Crippen LogP contribution in [0.25, 0.3) is 0 Å². The highest BCUT2D eigenvalue weighted by atomic mass is 32.2. The highest BCUT2D eigenvalue weighted by Crippen LogP contribution is 2.10. The van der Waals surface area contributed by atoms with E-state index >= 15 is 0 Å². The Morgan fingerprint density at radius 2 is 2.24 bits per heavy atom. The van der Waals surface area contributed by atoms with Crippen LogP contribution in [-0.2, 0) is 14.8 Å². The van der Waals surface area contributed by atoms with Crippen LogP contribution in [0.15, 0.2) is 0 Å². The van der Waals surface area contributed by atoms with Gasteiger partial charge >= 0.3 is 0 Å². The van der Waals surface area contributed by atoms with Crippen molar-refractivity contribution in [2.75, 3.05) is 25.5 Å². The molecule has 1 rings (SSSR count). The average molecular weight is 264 g/mol. The van der Waals surface area contributed by atoms with Gasteiger partial charge in [-0.15, -0.1) is 0 Å². The number of hydrogen-bond acceptors (Lipinski definition) is 4. The molecular weight excluding hydrogens is 240 g/mol. The van der Waals surface area contributed by atoms with Crippen molar-refractivity contribution in [3.63, 3.8) is 0 Å². The van der Waals surface area contributed by atoms with Gasteiger partial charge in [0, 0.05) is 18.7 Å². The minimum Gasteiger partial charge on any atom is -0.381 e. The van der Waals surface area contributed by atoms with Gasteiger partial charge in [0.25, 0.3) is 0 Å². The fourth-order valence-corrected chi connectivity index (χ4v) is 3.23. The Morgan fingerprint density at radius 1 is 1.47 bits per heavy atom. The number of rotatable bonds is 7. The highest BCUT2D eigenvalue weighted by molar-refractivity contribution is 7.89. The second-order valence-electron chi connectivity index (χ2n) is 4.48. The van der Waals surface area contributed by atoms with Crippen LogP contribution in [0.3, 0.4) is 0 Å². The fourth-order valence-electron chi connectivity index (χ4n) is 2.04. The van der Waals surface area contributed by atoms with Gasteiger partial charge in [-0.25, -0.2) is 13.1 Å². The molecule has 17 heavy (non-hydrogen) atoms. The lowest BCUT2D eigenvalue weighted by atomic mass is 10.00. The van der Waals surface area contributed by atoms with Crippen LogP contribution in [0.1, 0.15) is 33.1 Å². The van der Waals surface area contributed by atoms with E-state index in [-0.39, 0.29) is 24.4 Å². The third-order valence-electron chi connectivity index (χ3n) is 3.02. The maximum Gasteiger partial charge on any atom is 0.214 e. The predicted molar refractivity (Wildman–Crippen MR) is 68.5 cm³/mol. The van der Waals surface area contributed by atoms with Gasteiger partial charge in [-0.05, 0) is 33.2 Å². The van der Waals surface area contributed by atoms with E-state index in [9.17, 15) is 8.42 Å². The van der Waals surface area contributed by atoms with Gasteiger partial charge in [-0.3, -0.25) is 0 Å². The summed E-state index contributed by atoms with van der Waals surface area (Å²) in [6.45, 7) is 5.57. The van der Waals surface area contributed by atoms with Gasteiger partial charge in [0.15, 0.2) is 0 Å². The Hall–Kier alpha value is -0.170. The van der Waals surface area contributed by atoms with Gasteiger partial charge in [-0.2, -0.15) is 0 Å². The van der Waals surface area contributed by atoms with E-state index in [4.69, 9.17) is 4.74 Å². The molecule has 0 saturated carbocycles. The van der Waals surface area contributed by atoms with Crippen LogP contribution in [0, 0.1) is 0 Å². The molecule has 5 nitrogen and oxygen atoms in total. The van der Waals surface area contributed by atoms with Crippen LogP contribution in [0.2, 0.25) is 0 Å². The topological polar surface area (TPSA) is 67.4 Å². The van der Waals surface area contributed by atoms with E-state index in [1.165, 1.54) is 12.8 Å². The molecule has 6 heteroatoms. The largest absolute Gasteiger partial charge is 0.381 e. The Kier molecular flexibility index (Phi) is 6.40. The van der Waals surface area contributed by atoms with Crippen molar-refractivity contribution < 1.29 is 13.2 Å². The molecule has 0 spiro atoms. The zero-order chi connectivity index (χ0) is 12.7. The van der Waals surface area contributed by atoms with Gasteiger partial charge in [0.1, 0.15) is 0 Å². The molecule has 2 unspecified atom stereocenters. The quantitative estimate of drug-likeness (QED) is 0.656. The lowest BCUT2D eigenvalue weighted by molar-refractivity contribution is 0.163. The molecule has 0 aromatic rings. The first-order valence-corrected chi connectivity index (χ1v) is 8.01. The summed E-state index contributed by atoms with van der Waals surface area (Å²) < 4.78 is 31.3. The van der Waals surface area contributed by atoms with E-state index < -0.39 is 10.0 Å². The molecule has 102 valence electrons. The molecule has 1 fully saturated rings. The molecule has 0 radical (unpaired) electrons. The van der Waals surface area contributed by atoms with Crippen LogP contribution < -0.4 is 10.0 Å². The van der Waals surface area contributed by atoms with Crippen molar-refractivity contribution in [1.29, 1.82) is 0 Å². The molecule has 0 amide bonds. The van der Waals surface area contributed by atoms with Crippen molar-refractivity contribution in [3.8, 4) is 0 Å². The molecular formula is C11H24N2O3S. The zero-order valence-corrected chi connectivity index (χ0v) is 11.6. The third kappa shape index (κ3) is 5.81. The van der Waals surface area contributed by atoms with Crippen molar-refractivity contribution in [1.82, 2.24) is 10.0 Å². The molecule has 1 saturated heterocycles. The lowest BCUT2D eigenvalue weighted by Crippen LogP contribution is -2.50. The van der Waals surface area contributed by atoms with Crippen LogP contribution in [0.4, 0.5) is 0 Å². The van der Waals surface area contributed by atoms with E-state index in [1.54, 1.807) is 0 Å². The average Bonchev–Trinajstić information content (AvgIpc) is 2.30. The number of nitrogens with one attached hydrogen (secondary N) is 2. The SMILES string of the molecule is CCOCCS(=O)(=O)NC(C)C1CCCCN1. The summed E-state index contributed by atoms with van der Waals surface area (Å²) in [7, 11) is -3.22. The van der Waals surface area contributed by atoms with Gasteiger partial charge in [0.05, 0.1) is 12.4 Å². The molecule has 0 bridgehead atoms. The van der Waals surface area contributed by atoms with Gasteiger partial charge in [0.2, 0.25) is 10.0 Å². The zero-order valence-electron chi connectivity index (χ0n) is 10.7. The maximum absolute atomic E-state index is 11.7. The monoisotopic (exact) mass is 264 g/mol. The lowest BCUT2D eigenvalue weighted by Gasteiger charge is -2.29. The first-order chi connectivity index (χ1) is 8.05. The molecule has 1 aliphatic rings. The Bertz CT molecular complexity index is 300. The van der Waals surface area contributed by atoms with Crippen LogP contribution in [-0.4, -0.2) is 46.0 Å². The Labute approximate surface area is 104 Å². The molecule has 0 aromatic heterocycles. The van der Waals surface area contributed by atoms with Crippen molar-refractivity contribution in [2.45, 2.75) is 45.2 Å². The van der Waals surface area contributed by atoms with Crippen LogP contribution in [0.5, 0.6) is 0 Å². The summed E-state index contributed by atoms with van der Waals surface area (Å²) in [5, 5.41) is 3.35. The smallest absolute Gasteiger partial charge is 0.214 e. The summed E-state index contributed by atoms with van der Waals surface area (Å²) in [6.07, 6.45) is 3.39. The molecule has 0 aliphatic carbocycles. The third-order valence-corrected chi connectivity index (χ3v) is 4.45. The van der Waals surface area contributed by atoms with E-state index in [0.29, 0.717) is 6.61 Å². The van der Waals surface area contributed by atoms with E-state index in [0.717, 1.165) is 13.0 Å². The summed E-state index contributed by atoms with van der Waals surface area (Å²) in [5.41, 5.74) is 0. The standard InChI is InChI=1S/C11H24N2O3S/c1-3-16-8-9-17(14,15)13-10(2)11-6-4-5-7-12-11/h10-13H,3-9H2,1-2H3. The van der Waals surface area contributed by atoms with E-state index in [1.807, 2.05) is 13.8 Å². The predicted octanol–water partition coefficient (Wildman–Crippen LogP) is 0.473. The van der Waals surface area contributed by atoms with Crippen molar-refractivity contribution in [3.05, 3.63) is 0 Å². The number of ether oxygens (including phenoxy) is 1. The molecule has 1 heterocycles. The normalized spacial score (nSPS) is 23.5. The Morgan fingerprint density at radius 3 is 2.82 bits per heavy atom. The molecule has 0 aromatic carbocycles. The number of piperidine rings is 1. The van der Waals surface area contributed by atoms with Crippen molar-refractivity contribution in [2.24, 2.45) is 0 Å². The molecule has 2 atom stereocenters. The van der Waals surface area contributed by atoms with Gasteiger partial charge in [-0.1, -0.05) is 6.42 Å². The second kappa shape index (κ2) is 7.31. The summed E-state index contributed by atoms with van der Waals surface area (Å²) in [5.74, 6) is 0.0396. The van der Waals surface area contributed by atoms with Crippen LogP contribution >= 0.6 is 0 Å². The van der Waals surface area contributed by atoms with Crippen molar-refractivity contribution >= 4 is 10.0 Å². The fraction of sp³-hybridized carbons (Fsp3) is 1.00. The summed E-state index contributed by atoms with van der Waals surface area (Å²) in [6, 6.07) is 0.201. The second-order valence-corrected chi connectivity index (χ2v) is 6.35. The number of sulfonamides is 1. The molecule has 2 N–H and O–H groups in total. The van der Waals surface area contributed by atoms with E-state index in [2.05, 4.69) is 10.0 Å². The molecule has 1 aliphatic heterocycles. The minimum atomic E-state index is -3.22. The summed E-state index contributed by atoms with van der Waals surface area (Å²) in [4.78, 5) is 0. The minimum absolute atomic E-state index is 0.0396. The summed E-state index contributed by atoms with van der Waals surface area (Å²) >= 11 is 0. The number of hydrogen-bond donors (Lipinski definition) is 2. The first-order valence-electron chi connectivity index (χ1n) is 6.36.